The topological polar surface area (TPSA) is 94.6 Å². The fourth-order valence-corrected chi connectivity index (χ4v) is 4.55. The van der Waals surface area contributed by atoms with Crippen LogP contribution in [0.1, 0.15) is 52.0 Å². The molecule has 9 nitrogen and oxygen atoms in total. The molecule has 3 amide bonds. The van der Waals surface area contributed by atoms with E-state index in [2.05, 4.69) is 0 Å². The van der Waals surface area contributed by atoms with Crippen LogP contribution in [0.5, 0.6) is 17.2 Å². The van der Waals surface area contributed by atoms with Crippen molar-refractivity contribution >= 4 is 17.9 Å². The van der Waals surface area contributed by atoms with Crippen molar-refractivity contribution in [1.29, 1.82) is 0 Å². The highest BCUT2D eigenvalue weighted by Crippen LogP contribution is 2.42. The maximum Gasteiger partial charge on any atom is 0.417 e. The van der Waals surface area contributed by atoms with Crippen LogP contribution in [-0.2, 0) is 20.9 Å². The van der Waals surface area contributed by atoms with Crippen molar-refractivity contribution in [2.75, 3.05) is 34.4 Å². The number of hydrogen-bond donors (Lipinski definition) is 0. The van der Waals surface area contributed by atoms with E-state index in [1.54, 1.807) is 59.1 Å². The normalized spacial score (nSPS) is 21.3. The molecule has 33 heavy (non-hydrogen) atoms. The average Bonchev–Trinajstić information content (AvgIpc) is 2.76. The molecule has 0 radical (unpaired) electrons. The summed E-state index contributed by atoms with van der Waals surface area (Å²) in [5.74, 6) is 1.31. The number of carbonyl (C=O) groups is 3. The first kappa shape index (κ1) is 24.7. The molecule has 1 atom stereocenters. The molecule has 0 N–H and O–H groups in total. The lowest BCUT2D eigenvalue weighted by Gasteiger charge is -2.46. The summed E-state index contributed by atoms with van der Waals surface area (Å²) in [7, 11) is 4.64. The number of rotatable bonds is 5. The Bertz CT molecular complexity index is 899. The van der Waals surface area contributed by atoms with E-state index in [4.69, 9.17) is 18.9 Å². The minimum absolute atomic E-state index is 0.0530. The zero-order valence-electron chi connectivity index (χ0n) is 20.4. The molecule has 0 bridgehead atoms. The third-order valence-corrected chi connectivity index (χ3v) is 6.18. The Hall–Kier alpha value is -2.97. The van der Waals surface area contributed by atoms with Crippen LogP contribution in [0, 0.1) is 5.41 Å². The maximum absolute atomic E-state index is 13.5. The second-order valence-corrected chi connectivity index (χ2v) is 9.58. The Balaban J connectivity index is 1.86. The van der Waals surface area contributed by atoms with Gasteiger partial charge in [-0.3, -0.25) is 9.59 Å². The molecule has 1 unspecified atom stereocenters. The van der Waals surface area contributed by atoms with Gasteiger partial charge in [0.05, 0.1) is 38.9 Å². The van der Waals surface area contributed by atoms with E-state index < -0.39 is 17.1 Å². The molecule has 1 aromatic rings. The van der Waals surface area contributed by atoms with Crippen molar-refractivity contribution < 1.29 is 33.3 Å². The van der Waals surface area contributed by atoms with Crippen LogP contribution in [0.25, 0.3) is 0 Å². The van der Waals surface area contributed by atoms with Crippen molar-refractivity contribution in [2.24, 2.45) is 5.41 Å². The van der Waals surface area contributed by atoms with Crippen molar-refractivity contribution in [1.82, 2.24) is 9.80 Å². The standard InChI is InChI=1S/C24H34N2O7/c1-23(2,3)33-22(29)26-11-7-9-24(21(26)28)10-8-20(27)25(15-24)14-17-18(31-5)12-16(30-4)13-19(17)32-6/h12-13H,7-11,14-15H2,1-6H3. The number of carbonyl (C=O) groups excluding carboxylic acids is 3. The molecule has 0 aromatic heterocycles. The molecular weight excluding hydrogens is 428 g/mol. The fraction of sp³-hybridized carbons (Fsp3) is 0.625. The Morgan fingerprint density at radius 3 is 2.21 bits per heavy atom. The van der Waals surface area contributed by atoms with Gasteiger partial charge in [-0.1, -0.05) is 0 Å². The number of benzene rings is 1. The van der Waals surface area contributed by atoms with Crippen molar-refractivity contribution in [3.63, 3.8) is 0 Å². The second-order valence-electron chi connectivity index (χ2n) is 9.58. The van der Waals surface area contributed by atoms with Crippen LogP contribution in [0.2, 0.25) is 0 Å². The number of methoxy groups -OCH3 is 3. The fourth-order valence-electron chi connectivity index (χ4n) is 4.55. The monoisotopic (exact) mass is 462 g/mol. The van der Waals surface area contributed by atoms with Gasteiger partial charge in [-0.05, 0) is 40.0 Å². The number of ether oxygens (including phenoxy) is 4. The second kappa shape index (κ2) is 9.49. The molecule has 2 heterocycles. The number of likely N-dealkylation sites (tertiary alicyclic amines) is 2. The molecule has 2 aliphatic heterocycles. The van der Waals surface area contributed by atoms with Gasteiger partial charge in [0.1, 0.15) is 22.8 Å². The van der Waals surface area contributed by atoms with E-state index in [9.17, 15) is 14.4 Å². The lowest BCUT2D eigenvalue weighted by molar-refractivity contribution is -0.155. The minimum atomic E-state index is -0.810. The molecule has 2 saturated heterocycles. The van der Waals surface area contributed by atoms with E-state index in [0.717, 1.165) is 0 Å². The van der Waals surface area contributed by atoms with Gasteiger partial charge in [-0.2, -0.15) is 0 Å². The van der Waals surface area contributed by atoms with Gasteiger partial charge in [-0.25, -0.2) is 9.69 Å². The van der Waals surface area contributed by atoms with Crippen LogP contribution in [0.15, 0.2) is 12.1 Å². The van der Waals surface area contributed by atoms with E-state index in [-0.39, 0.29) is 31.3 Å². The van der Waals surface area contributed by atoms with Gasteiger partial charge < -0.3 is 23.8 Å². The SMILES string of the molecule is COc1cc(OC)c(CN2CC3(CCCN(C(=O)OC(C)(C)C)C3=O)CCC2=O)c(OC)c1. The van der Waals surface area contributed by atoms with Crippen LogP contribution < -0.4 is 14.2 Å². The molecule has 9 heteroatoms. The summed E-state index contributed by atoms with van der Waals surface area (Å²) in [6.45, 7) is 6.08. The average molecular weight is 463 g/mol. The Kier molecular flexibility index (Phi) is 7.09. The summed E-state index contributed by atoms with van der Waals surface area (Å²) in [4.78, 5) is 41.9. The van der Waals surface area contributed by atoms with Crippen LogP contribution in [-0.4, -0.2) is 67.7 Å². The molecule has 2 aliphatic rings. The number of amides is 3. The summed E-state index contributed by atoms with van der Waals surface area (Å²) in [5.41, 5.74) is -0.813. The molecular formula is C24H34N2O7. The molecule has 2 fully saturated rings. The van der Waals surface area contributed by atoms with Gasteiger partial charge in [0.25, 0.3) is 0 Å². The Morgan fingerprint density at radius 1 is 1.03 bits per heavy atom. The first-order valence-corrected chi connectivity index (χ1v) is 11.1. The number of hydrogen-bond acceptors (Lipinski definition) is 7. The maximum atomic E-state index is 13.5. The quantitative estimate of drug-likeness (QED) is 0.662. The largest absolute Gasteiger partial charge is 0.496 e. The summed E-state index contributed by atoms with van der Waals surface area (Å²) >= 11 is 0. The Labute approximate surface area is 194 Å². The van der Waals surface area contributed by atoms with Crippen molar-refractivity contribution in [3.8, 4) is 17.2 Å². The zero-order valence-corrected chi connectivity index (χ0v) is 20.4. The van der Waals surface area contributed by atoms with Gasteiger partial charge >= 0.3 is 6.09 Å². The van der Waals surface area contributed by atoms with E-state index >= 15 is 0 Å². The molecule has 0 saturated carbocycles. The highest BCUT2D eigenvalue weighted by Gasteiger charge is 2.50. The highest BCUT2D eigenvalue weighted by molar-refractivity contribution is 5.97. The van der Waals surface area contributed by atoms with Crippen LogP contribution in [0.4, 0.5) is 4.79 Å². The molecule has 182 valence electrons. The summed E-state index contributed by atoms with van der Waals surface area (Å²) < 4.78 is 21.8. The summed E-state index contributed by atoms with van der Waals surface area (Å²) in [6.07, 6.45) is 1.30. The van der Waals surface area contributed by atoms with Gasteiger partial charge in [0.2, 0.25) is 11.8 Å². The van der Waals surface area contributed by atoms with Gasteiger partial charge in [-0.15, -0.1) is 0 Å². The van der Waals surface area contributed by atoms with Gasteiger partial charge in [0.15, 0.2) is 0 Å². The zero-order chi connectivity index (χ0) is 24.4. The van der Waals surface area contributed by atoms with Crippen LogP contribution >= 0.6 is 0 Å². The third kappa shape index (κ3) is 5.17. The molecule has 1 aromatic carbocycles. The molecule has 1 spiro atoms. The summed E-state index contributed by atoms with van der Waals surface area (Å²) in [6, 6.07) is 3.47. The van der Waals surface area contributed by atoms with E-state index in [0.29, 0.717) is 48.6 Å². The molecule has 3 rings (SSSR count). The highest BCUT2D eigenvalue weighted by atomic mass is 16.6. The smallest absolute Gasteiger partial charge is 0.417 e. The lowest BCUT2D eigenvalue weighted by Crippen LogP contribution is -2.58. The van der Waals surface area contributed by atoms with Gasteiger partial charge in [0, 0.05) is 31.6 Å². The molecule has 0 aliphatic carbocycles. The van der Waals surface area contributed by atoms with Crippen molar-refractivity contribution in [3.05, 3.63) is 17.7 Å². The number of imide groups is 1. The minimum Gasteiger partial charge on any atom is -0.496 e. The van der Waals surface area contributed by atoms with E-state index in [1.165, 1.54) is 4.90 Å². The number of piperidine rings is 2. The first-order valence-electron chi connectivity index (χ1n) is 11.1. The Morgan fingerprint density at radius 2 is 1.67 bits per heavy atom. The summed E-state index contributed by atoms with van der Waals surface area (Å²) in [5, 5.41) is 0. The lowest BCUT2D eigenvalue weighted by atomic mass is 9.72. The number of nitrogens with zero attached hydrogens (tertiary/aromatic N) is 2. The third-order valence-electron chi connectivity index (χ3n) is 6.18. The van der Waals surface area contributed by atoms with E-state index in [1.807, 2.05) is 0 Å². The first-order chi connectivity index (χ1) is 15.5. The van der Waals surface area contributed by atoms with Crippen molar-refractivity contribution in [2.45, 2.75) is 58.6 Å². The van der Waals surface area contributed by atoms with Crippen LogP contribution in [0.3, 0.4) is 0 Å². The predicted octanol–water partition coefficient (Wildman–Crippen LogP) is 3.38. The predicted molar refractivity (Wildman–Crippen MR) is 120 cm³/mol.